The molecule has 0 aromatic heterocycles. The lowest BCUT2D eigenvalue weighted by Crippen LogP contribution is -2.27. The zero-order valence-electron chi connectivity index (χ0n) is 8.20. The van der Waals surface area contributed by atoms with Crippen LogP contribution in [0.25, 0.3) is 0 Å². The minimum atomic E-state index is -0.148. The molecule has 1 saturated carbocycles. The predicted octanol–water partition coefficient (Wildman–Crippen LogP) is 3.32. The lowest BCUT2D eigenvalue weighted by atomic mass is 9.81. The summed E-state index contributed by atoms with van der Waals surface area (Å²) < 4.78 is 6.19. The summed E-state index contributed by atoms with van der Waals surface area (Å²) in [7, 11) is 0. The van der Waals surface area contributed by atoms with Crippen molar-refractivity contribution in [2.75, 3.05) is 0 Å². The summed E-state index contributed by atoms with van der Waals surface area (Å²) in [5.41, 5.74) is 1.13. The van der Waals surface area contributed by atoms with Crippen LogP contribution in [0, 0.1) is 5.92 Å². The van der Waals surface area contributed by atoms with Crippen molar-refractivity contribution in [3.05, 3.63) is 40.9 Å². The van der Waals surface area contributed by atoms with Gasteiger partial charge in [-0.25, -0.2) is 0 Å². The van der Waals surface area contributed by atoms with E-state index >= 15 is 0 Å². The second-order valence-electron chi connectivity index (χ2n) is 3.73. The number of carbonyl (C=O) groups excluding carboxylic acids is 1. The fourth-order valence-electron chi connectivity index (χ4n) is 1.51. The molecule has 2 nitrogen and oxygen atoms in total. The molecule has 78 valence electrons. The van der Waals surface area contributed by atoms with Gasteiger partial charge in [0.05, 0.1) is 5.92 Å². The molecule has 1 aliphatic rings. The molecular weight excluding hydrogens is 256 g/mol. The summed E-state index contributed by atoms with van der Waals surface area (Å²) in [6, 6.07) is 7.25. The highest BCUT2D eigenvalue weighted by Gasteiger charge is 2.30. The number of hydrogen-bond acceptors (Lipinski definition) is 2. The van der Waals surface area contributed by atoms with E-state index in [1.807, 2.05) is 12.1 Å². The Morgan fingerprint density at radius 2 is 1.93 bits per heavy atom. The molecule has 0 saturated heterocycles. The maximum atomic E-state index is 11.6. The summed E-state index contributed by atoms with van der Waals surface area (Å²) in [6.07, 6.45) is 1.55. The van der Waals surface area contributed by atoms with Crippen LogP contribution in [-0.2, 0) is 4.79 Å². The van der Waals surface area contributed by atoms with E-state index in [-0.39, 0.29) is 11.9 Å². The molecule has 1 aromatic rings. The van der Waals surface area contributed by atoms with E-state index in [9.17, 15) is 4.79 Å². The molecule has 1 aromatic carbocycles. The fraction of sp³-hybridized carbons (Fsp3) is 0.250. The van der Waals surface area contributed by atoms with Gasteiger partial charge in [0.2, 0.25) is 0 Å². The number of allylic oxidation sites excluding steroid dienone is 1. The van der Waals surface area contributed by atoms with Crippen LogP contribution in [0.1, 0.15) is 12.8 Å². The van der Waals surface area contributed by atoms with Crippen molar-refractivity contribution in [3.8, 4) is 5.75 Å². The van der Waals surface area contributed by atoms with Crippen molar-refractivity contribution in [3.63, 3.8) is 0 Å². The number of halogens is 1. The summed E-state index contributed by atoms with van der Waals surface area (Å²) in [4.78, 5) is 11.6. The van der Waals surface area contributed by atoms with Gasteiger partial charge in [0.25, 0.3) is 0 Å². The Kier molecular flexibility index (Phi) is 2.91. The van der Waals surface area contributed by atoms with Crippen molar-refractivity contribution < 1.29 is 9.53 Å². The van der Waals surface area contributed by atoms with Gasteiger partial charge in [0.15, 0.2) is 0 Å². The first-order valence-corrected chi connectivity index (χ1v) is 5.58. The zero-order chi connectivity index (χ0) is 10.8. The second-order valence-corrected chi connectivity index (χ2v) is 4.65. The van der Waals surface area contributed by atoms with Crippen LogP contribution in [0.3, 0.4) is 0 Å². The topological polar surface area (TPSA) is 26.3 Å². The van der Waals surface area contributed by atoms with Crippen LogP contribution in [0.4, 0.5) is 0 Å². The first-order chi connectivity index (χ1) is 7.15. The molecule has 15 heavy (non-hydrogen) atoms. The first-order valence-electron chi connectivity index (χ1n) is 4.79. The molecule has 0 atom stereocenters. The third kappa shape index (κ3) is 2.48. The summed E-state index contributed by atoms with van der Waals surface area (Å²) in [6.45, 7) is 3.80. The van der Waals surface area contributed by atoms with Crippen LogP contribution >= 0.6 is 15.9 Å². The molecular formula is C12H11BrO2. The number of hydrogen-bond donors (Lipinski definition) is 0. The van der Waals surface area contributed by atoms with Crippen LogP contribution in [0.5, 0.6) is 5.75 Å². The van der Waals surface area contributed by atoms with E-state index in [0.717, 1.165) is 22.9 Å². The monoisotopic (exact) mass is 266 g/mol. The minimum Gasteiger partial charge on any atom is -0.426 e. The van der Waals surface area contributed by atoms with Crippen molar-refractivity contribution in [2.45, 2.75) is 12.8 Å². The van der Waals surface area contributed by atoms with Gasteiger partial charge in [-0.05, 0) is 37.1 Å². The Labute approximate surface area is 97.1 Å². The van der Waals surface area contributed by atoms with Gasteiger partial charge in [0, 0.05) is 4.47 Å². The lowest BCUT2D eigenvalue weighted by molar-refractivity contribution is -0.140. The Hall–Kier alpha value is -1.09. The van der Waals surface area contributed by atoms with Gasteiger partial charge in [-0.2, -0.15) is 0 Å². The normalized spacial score (nSPS) is 15.9. The Morgan fingerprint density at radius 1 is 1.33 bits per heavy atom. The van der Waals surface area contributed by atoms with Gasteiger partial charge >= 0.3 is 5.97 Å². The lowest BCUT2D eigenvalue weighted by Gasteiger charge is -2.25. The van der Waals surface area contributed by atoms with E-state index in [2.05, 4.69) is 22.5 Å². The highest BCUT2D eigenvalue weighted by molar-refractivity contribution is 9.10. The molecule has 0 N–H and O–H groups in total. The molecule has 0 radical (unpaired) electrons. The molecule has 0 unspecified atom stereocenters. The highest BCUT2D eigenvalue weighted by atomic mass is 79.9. The Balaban J connectivity index is 1.94. The zero-order valence-corrected chi connectivity index (χ0v) is 9.79. The number of esters is 1. The molecule has 0 heterocycles. The molecule has 3 heteroatoms. The van der Waals surface area contributed by atoms with E-state index in [4.69, 9.17) is 4.74 Å². The summed E-state index contributed by atoms with van der Waals surface area (Å²) in [5, 5.41) is 0. The molecule has 0 spiro atoms. The third-order valence-corrected chi connectivity index (χ3v) is 2.96. The molecule has 0 aliphatic heterocycles. The van der Waals surface area contributed by atoms with E-state index < -0.39 is 0 Å². The number of ether oxygens (including phenoxy) is 1. The van der Waals surface area contributed by atoms with Crippen molar-refractivity contribution in [1.82, 2.24) is 0 Å². The smallest absolute Gasteiger partial charge is 0.314 e. The van der Waals surface area contributed by atoms with E-state index in [1.54, 1.807) is 12.1 Å². The molecule has 0 amide bonds. The first kappa shape index (κ1) is 10.4. The third-order valence-electron chi connectivity index (χ3n) is 2.44. The fourth-order valence-corrected chi connectivity index (χ4v) is 1.77. The summed E-state index contributed by atoms with van der Waals surface area (Å²) in [5.74, 6) is 0.464. The van der Waals surface area contributed by atoms with Gasteiger partial charge in [-0.3, -0.25) is 4.79 Å². The average Bonchev–Trinajstić information content (AvgIpc) is 2.17. The quantitative estimate of drug-likeness (QED) is 0.466. The summed E-state index contributed by atoms with van der Waals surface area (Å²) >= 11 is 3.32. The second kappa shape index (κ2) is 4.19. The van der Waals surface area contributed by atoms with E-state index in [0.29, 0.717) is 5.75 Å². The standard InChI is InChI=1S/C12H11BrO2/c1-8-6-9(7-8)12(14)15-11-4-2-10(13)3-5-11/h2-5,9H,1,6-7H2. The maximum Gasteiger partial charge on any atom is 0.314 e. The largest absolute Gasteiger partial charge is 0.426 e. The average molecular weight is 267 g/mol. The predicted molar refractivity (Wildman–Crippen MR) is 61.6 cm³/mol. The van der Waals surface area contributed by atoms with Gasteiger partial charge in [-0.1, -0.05) is 28.1 Å². The van der Waals surface area contributed by atoms with Crippen LogP contribution in [0.2, 0.25) is 0 Å². The molecule has 1 fully saturated rings. The number of benzene rings is 1. The molecule has 0 bridgehead atoms. The van der Waals surface area contributed by atoms with Gasteiger partial charge in [-0.15, -0.1) is 0 Å². The van der Waals surface area contributed by atoms with Crippen LogP contribution in [-0.4, -0.2) is 5.97 Å². The molecule has 2 rings (SSSR count). The Bertz CT molecular complexity index is 387. The number of carbonyl (C=O) groups is 1. The highest BCUT2D eigenvalue weighted by Crippen LogP contribution is 2.32. The number of rotatable bonds is 2. The van der Waals surface area contributed by atoms with Crippen molar-refractivity contribution in [2.24, 2.45) is 5.92 Å². The van der Waals surface area contributed by atoms with Crippen molar-refractivity contribution >= 4 is 21.9 Å². The molecule has 1 aliphatic carbocycles. The van der Waals surface area contributed by atoms with Crippen LogP contribution in [0.15, 0.2) is 40.9 Å². The maximum absolute atomic E-state index is 11.6. The van der Waals surface area contributed by atoms with Gasteiger partial charge < -0.3 is 4.74 Å². The minimum absolute atomic E-state index is 0.0150. The van der Waals surface area contributed by atoms with Gasteiger partial charge in [0.1, 0.15) is 5.75 Å². The SMILES string of the molecule is C=C1CC(C(=O)Oc2ccc(Br)cc2)C1. The van der Waals surface area contributed by atoms with Crippen LogP contribution < -0.4 is 4.74 Å². The van der Waals surface area contributed by atoms with E-state index in [1.165, 1.54) is 0 Å². The Morgan fingerprint density at radius 3 is 2.47 bits per heavy atom. The van der Waals surface area contributed by atoms with Crippen molar-refractivity contribution in [1.29, 1.82) is 0 Å².